The largest absolute Gasteiger partial charge is 0.341 e. The molecule has 1 aliphatic rings. The molecule has 29 heavy (non-hydrogen) atoms. The van der Waals surface area contributed by atoms with Crippen LogP contribution in [0.3, 0.4) is 0 Å². The SMILES string of the molecule is Cc1nc(-c2cccs2)sc1C(=O)NC(Cc1ccccc1)C(=O)N1CCCC1. The Hall–Kier alpha value is -2.51. The maximum atomic E-state index is 13.1. The normalized spacial score (nSPS) is 14.7. The average molecular weight is 426 g/mol. The highest BCUT2D eigenvalue weighted by atomic mass is 32.1. The number of thiophene rings is 1. The van der Waals surface area contributed by atoms with Crippen molar-refractivity contribution in [3.8, 4) is 9.88 Å². The van der Waals surface area contributed by atoms with E-state index in [2.05, 4.69) is 10.3 Å². The molecular weight excluding hydrogens is 402 g/mol. The lowest BCUT2D eigenvalue weighted by Gasteiger charge is -2.24. The van der Waals surface area contributed by atoms with Gasteiger partial charge in [0.2, 0.25) is 5.91 Å². The Kier molecular flexibility index (Phi) is 6.06. The molecule has 4 rings (SSSR count). The van der Waals surface area contributed by atoms with Gasteiger partial charge in [-0.2, -0.15) is 0 Å². The summed E-state index contributed by atoms with van der Waals surface area (Å²) >= 11 is 2.98. The van der Waals surface area contributed by atoms with Crippen molar-refractivity contribution in [2.24, 2.45) is 0 Å². The van der Waals surface area contributed by atoms with Gasteiger partial charge >= 0.3 is 0 Å². The fourth-order valence-corrected chi connectivity index (χ4v) is 5.31. The van der Waals surface area contributed by atoms with Crippen molar-refractivity contribution in [3.05, 3.63) is 64.0 Å². The zero-order valence-corrected chi connectivity index (χ0v) is 17.9. The summed E-state index contributed by atoms with van der Waals surface area (Å²) in [5.41, 5.74) is 1.73. The fourth-order valence-electron chi connectivity index (χ4n) is 3.54. The quantitative estimate of drug-likeness (QED) is 0.646. The summed E-state index contributed by atoms with van der Waals surface area (Å²) < 4.78 is 0. The molecule has 0 saturated carbocycles. The van der Waals surface area contributed by atoms with E-state index in [4.69, 9.17) is 0 Å². The summed E-state index contributed by atoms with van der Waals surface area (Å²) in [6, 6.07) is 13.2. The first-order valence-electron chi connectivity index (χ1n) is 9.76. The van der Waals surface area contributed by atoms with E-state index in [1.54, 1.807) is 11.3 Å². The van der Waals surface area contributed by atoms with E-state index in [0.717, 1.165) is 41.4 Å². The van der Waals surface area contributed by atoms with Crippen LogP contribution in [-0.4, -0.2) is 40.8 Å². The first kappa shape index (κ1) is 19.8. The van der Waals surface area contributed by atoms with Crippen LogP contribution in [0.1, 0.15) is 33.8 Å². The number of likely N-dealkylation sites (tertiary alicyclic amines) is 1. The summed E-state index contributed by atoms with van der Waals surface area (Å²) in [6.07, 6.45) is 2.53. The fraction of sp³-hybridized carbons (Fsp3) is 0.318. The molecule has 3 heterocycles. The van der Waals surface area contributed by atoms with Crippen LogP contribution in [0.15, 0.2) is 47.8 Å². The number of benzene rings is 1. The van der Waals surface area contributed by atoms with Crippen molar-refractivity contribution in [2.75, 3.05) is 13.1 Å². The molecule has 0 spiro atoms. The molecule has 1 atom stereocenters. The Balaban J connectivity index is 1.55. The second-order valence-corrected chi connectivity index (χ2v) is 9.11. The number of hydrogen-bond donors (Lipinski definition) is 1. The Labute approximate surface area is 178 Å². The topological polar surface area (TPSA) is 62.3 Å². The number of nitrogens with zero attached hydrogens (tertiary/aromatic N) is 2. The van der Waals surface area contributed by atoms with Crippen molar-refractivity contribution in [3.63, 3.8) is 0 Å². The van der Waals surface area contributed by atoms with Gasteiger partial charge in [-0.3, -0.25) is 9.59 Å². The minimum atomic E-state index is -0.574. The smallest absolute Gasteiger partial charge is 0.263 e. The van der Waals surface area contributed by atoms with Crippen LogP contribution in [0.2, 0.25) is 0 Å². The monoisotopic (exact) mass is 425 g/mol. The maximum Gasteiger partial charge on any atom is 0.263 e. The van der Waals surface area contributed by atoms with E-state index in [1.807, 2.05) is 59.7 Å². The summed E-state index contributed by atoms with van der Waals surface area (Å²) in [6.45, 7) is 3.38. The molecule has 1 N–H and O–H groups in total. The minimum Gasteiger partial charge on any atom is -0.341 e. The van der Waals surface area contributed by atoms with Crippen molar-refractivity contribution in [1.29, 1.82) is 0 Å². The van der Waals surface area contributed by atoms with Crippen molar-refractivity contribution in [2.45, 2.75) is 32.2 Å². The number of carbonyl (C=O) groups is 2. The standard InChI is InChI=1S/C22H23N3O2S2/c1-15-19(29-21(23-15)18-10-7-13-28-18)20(26)24-17(14-16-8-3-2-4-9-16)22(27)25-11-5-6-12-25/h2-4,7-10,13,17H,5-6,11-12,14H2,1H3,(H,24,26). The third-order valence-corrected chi connectivity index (χ3v) is 7.23. The number of aromatic nitrogens is 1. The Bertz CT molecular complexity index is 977. The van der Waals surface area contributed by atoms with Gasteiger partial charge in [-0.1, -0.05) is 36.4 Å². The Morgan fingerprint density at radius 2 is 1.90 bits per heavy atom. The first-order valence-corrected chi connectivity index (χ1v) is 11.5. The molecule has 5 nitrogen and oxygen atoms in total. The number of nitrogens with one attached hydrogen (secondary N) is 1. The molecule has 1 unspecified atom stereocenters. The van der Waals surface area contributed by atoms with Gasteiger partial charge in [-0.15, -0.1) is 22.7 Å². The van der Waals surface area contributed by atoms with Gasteiger partial charge in [0.05, 0.1) is 10.6 Å². The Morgan fingerprint density at radius 1 is 1.14 bits per heavy atom. The molecule has 0 aliphatic carbocycles. The molecule has 0 bridgehead atoms. The number of aryl methyl sites for hydroxylation is 1. The van der Waals surface area contributed by atoms with Crippen molar-refractivity contribution < 1.29 is 9.59 Å². The van der Waals surface area contributed by atoms with Crippen molar-refractivity contribution in [1.82, 2.24) is 15.2 Å². The van der Waals surface area contributed by atoms with E-state index in [1.165, 1.54) is 11.3 Å². The van der Waals surface area contributed by atoms with Gasteiger partial charge in [0, 0.05) is 19.5 Å². The van der Waals surface area contributed by atoms with Crippen LogP contribution >= 0.6 is 22.7 Å². The summed E-state index contributed by atoms with van der Waals surface area (Å²) in [5.74, 6) is -0.225. The van der Waals surface area contributed by atoms with Crippen molar-refractivity contribution >= 4 is 34.5 Å². The van der Waals surface area contributed by atoms with Gasteiger partial charge in [0.25, 0.3) is 5.91 Å². The highest BCUT2D eigenvalue weighted by Gasteiger charge is 2.29. The van der Waals surface area contributed by atoms with Gasteiger partial charge in [-0.05, 0) is 36.8 Å². The zero-order valence-electron chi connectivity index (χ0n) is 16.3. The van der Waals surface area contributed by atoms with E-state index in [0.29, 0.717) is 17.0 Å². The van der Waals surface area contributed by atoms with Crippen LogP contribution in [0.25, 0.3) is 9.88 Å². The summed E-state index contributed by atoms with van der Waals surface area (Å²) in [7, 11) is 0. The number of hydrogen-bond acceptors (Lipinski definition) is 5. The van der Waals surface area contributed by atoms with Crippen LogP contribution in [0.4, 0.5) is 0 Å². The number of amides is 2. The lowest BCUT2D eigenvalue weighted by Crippen LogP contribution is -2.49. The molecule has 1 saturated heterocycles. The van der Waals surface area contributed by atoms with Gasteiger partial charge in [-0.25, -0.2) is 4.98 Å². The van der Waals surface area contributed by atoms with Gasteiger partial charge in [0.15, 0.2) is 0 Å². The van der Waals surface area contributed by atoms with E-state index in [-0.39, 0.29) is 11.8 Å². The third-order valence-electron chi connectivity index (χ3n) is 5.04. The van der Waals surface area contributed by atoms with Crippen LogP contribution in [0.5, 0.6) is 0 Å². The predicted octanol–water partition coefficient (Wildman–Crippen LogP) is 4.14. The Morgan fingerprint density at radius 3 is 2.59 bits per heavy atom. The molecule has 150 valence electrons. The number of thiazole rings is 1. The predicted molar refractivity (Wildman–Crippen MR) is 117 cm³/mol. The number of carbonyl (C=O) groups excluding carboxylic acids is 2. The lowest BCUT2D eigenvalue weighted by atomic mass is 10.0. The van der Waals surface area contributed by atoms with Gasteiger partial charge in [0.1, 0.15) is 15.9 Å². The van der Waals surface area contributed by atoms with E-state index < -0.39 is 6.04 Å². The molecule has 1 fully saturated rings. The number of rotatable bonds is 6. The molecule has 2 amide bonds. The molecule has 2 aromatic heterocycles. The average Bonchev–Trinajstić information content (AvgIpc) is 3.49. The molecule has 0 radical (unpaired) electrons. The molecule has 7 heteroatoms. The molecular formula is C22H23N3O2S2. The van der Waals surface area contributed by atoms with E-state index in [9.17, 15) is 9.59 Å². The lowest BCUT2D eigenvalue weighted by molar-refractivity contribution is -0.132. The third kappa shape index (κ3) is 4.57. The second-order valence-electron chi connectivity index (χ2n) is 7.16. The molecule has 1 aliphatic heterocycles. The van der Waals surface area contributed by atoms with Crippen LogP contribution in [0, 0.1) is 6.92 Å². The molecule has 3 aromatic rings. The highest BCUT2D eigenvalue weighted by molar-refractivity contribution is 7.22. The minimum absolute atomic E-state index is 0.000326. The second kappa shape index (κ2) is 8.88. The van der Waals surface area contributed by atoms with E-state index >= 15 is 0 Å². The first-order chi connectivity index (χ1) is 14.1. The summed E-state index contributed by atoms with van der Waals surface area (Å²) in [5, 5.41) is 5.84. The van der Waals surface area contributed by atoms with Crippen LogP contribution < -0.4 is 5.32 Å². The molecule has 1 aromatic carbocycles. The van der Waals surface area contributed by atoms with Crippen LogP contribution in [-0.2, 0) is 11.2 Å². The zero-order chi connectivity index (χ0) is 20.2. The summed E-state index contributed by atoms with van der Waals surface area (Å²) in [4.78, 5) is 34.2. The maximum absolute atomic E-state index is 13.1. The van der Waals surface area contributed by atoms with Gasteiger partial charge < -0.3 is 10.2 Å². The highest BCUT2D eigenvalue weighted by Crippen LogP contribution is 2.31.